The van der Waals surface area contributed by atoms with E-state index in [1.165, 1.54) is 13.2 Å². The zero-order chi connectivity index (χ0) is 21.3. The van der Waals surface area contributed by atoms with Gasteiger partial charge in [0.15, 0.2) is 0 Å². The second-order valence-electron chi connectivity index (χ2n) is 6.92. The third kappa shape index (κ3) is 3.76. The molecule has 2 aromatic carbocycles. The molecule has 1 aliphatic rings. The topological polar surface area (TPSA) is 90.7 Å². The molecule has 1 N–H and O–H groups in total. The van der Waals surface area contributed by atoms with Crippen LogP contribution >= 0.6 is 11.6 Å². The monoisotopic (exact) mass is 426 g/mol. The van der Waals surface area contributed by atoms with Crippen molar-refractivity contribution in [1.82, 2.24) is 10.5 Å². The van der Waals surface area contributed by atoms with Crippen molar-refractivity contribution in [1.29, 1.82) is 0 Å². The molecule has 7 nitrogen and oxygen atoms in total. The van der Waals surface area contributed by atoms with E-state index < -0.39 is 5.97 Å². The van der Waals surface area contributed by atoms with Gasteiger partial charge in [0.25, 0.3) is 5.91 Å². The van der Waals surface area contributed by atoms with E-state index >= 15 is 0 Å². The van der Waals surface area contributed by atoms with Gasteiger partial charge in [-0.1, -0.05) is 47.1 Å². The number of methoxy groups -OCH3 is 1. The summed E-state index contributed by atoms with van der Waals surface area (Å²) in [7, 11) is 1.31. The lowest BCUT2D eigenvalue weighted by Crippen LogP contribution is -2.34. The van der Waals surface area contributed by atoms with Crippen molar-refractivity contribution in [2.75, 3.05) is 13.7 Å². The highest BCUT2D eigenvalue weighted by Crippen LogP contribution is 2.37. The summed E-state index contributed by atoms with van der Waals surface area (Å²) < 4.78 is 15.9. The maximum absolute atomic E-state index is 12.8. The molecule has 0 spiro atoms. The van der Waals surface area contributed by atoms with E-state index in [0.717, 1.165) is 11.1 Å². The molecule has 0 saturated carbocycles. The van der Waals surface area contributed by atoms with Crippen molar-refractivity contribution < 1.29 is 23.6 Å². The number of carbonyl (C=O) groups is 2. The Hall–Kier alpha value is -3.32. The van der Waals surface area contributed by atoms with Gasteiger partial charge < -0.3 is 19.3 Å². The zero-order valence-corrected chi connectivity index (χ0v) is 17.2. The molecule has 1 aliphatic heterocycles. The number of ether oxygens (including phenoxy) is 2. The molecule has 30 heavy (non-hydrogen) atoms. The Kier molecular flexibility index (Phi) is 5.46. The van der Waals surface area contributed by atoms with E-state index in [1.807, 2.05) is 30.3 Å². The van der Waals surface area contributed by atoms with Crippen LogP contribution in [0, 0.1) is 6.92 Å². The Bertz CT molecular complexity index is 1110. The van der Waals surface area contributed by atoms with Crippen molar-refractivity contribution in [3.05, 3.63) is 69.9 Å². The molecule has 0 fully saturated rings. The van der Waals surface area contributed by atoms with E-state index in [1.54, 1.807) is 13.0 Å². The molecule has 1 aromatic heterocycles. The Morgan fingerprint density at radius 3 is 2.77 bits per heavy atom. The quantitative estimate of drug-likeness (QED) is 0.623. The Morgan fingerprint density at radius 1 is 1.27 bits per heavy atom. The van der Waals surface area contributed by atoms with Crippen LogP contribution in [0.3, 0.4) is 0 Å². The van der Waals surface area contributed by atoms with Crippen molar-refractivity contribution in [3.8, 4) is 17.0 Å². The van der Waals surface area contributed by atoms with Gasteiger partial charge in [0.05, 0.1) is 24.2 Å². The van der Waals surface area contributed by atoms with Gasteiger partial charge in [0.2, 0.25) is 0 Å². The molecule has 0 saturated heterocycles. The maximum Gasteiger partial charge on any atom is 0.337 e. The second kappa shape index (κ2) is 8.20. The summed E-state index contributed by atoms with van der Waals surface area (Å²) in [5, 5.41) is 7.26. The minimum absolute atomic E-state index is 0.260. The molecule has 0 bridgehead atoms. The number of nitrogens with one attached hydrogen (secondary N) is 1. The fourth-order valence-electron chi connectivity index (χ4n) is 3.46. The fourth-order valence-corrected chi connectivity index (χ4v) is 3.75. The van der Waals surface area contributed by atoms with Gasteiger partial charge in [-0.05, 0) is 19.1 Å². The van der Waals surface area contributed by atoms with Crippen LogP contribution < -0.4 is 10.1 Å². The average molecular weight is 427 g/mol. The summed E-state index contributed by atoms with van der Waals surface area (Å²) in [6, 6.07) is 12.6. The first-order valence-corrected chi connectivity index (χ1v) is 9.73. The van der Waals surface area contributed by atoms with Gasteiger partial charge in [-0.3, -0.25) is 4.79 Å². The Labute approximate surface area is 177 Å². The molecule has 3 aromatic rings. The molecule has 0 aliphatic carbocycles. The highest BCUT2D eigenvalue weighted by molar-refractivity contribution is 6.32. The number of amides is 1. The molecular formula is C22H19ClN2O5. The number of nitrogens with zero attached hydrogens (tertiary/aromatic N) is 1. The average Bonchev–Trinajstić information content (AvgIpc) is 3.35. The lowest BCUT2D eigenvalue weighted by atomic mass is 10.0. The number of rotatable bonds is 5. The fraction of sp³-hybridized carbons (Fsp3) is 0.227. The standard InChI is InChI=1S/C22H19ClN2O5/c1-12-18(19(25-30-12)13-6-4-3-5-7-13)21(26)24-11-16-9-14-8-15(22(27)28-2)10-17(23)20(14)29-16/h3-8,10,16H,9,11H2,1-2H3,(H,24,26)/t16-/m1/s1. The van der Waals surface area contributed by atoms with E-state index in [0.29, 0.717) is 39.8 Å². The molecule has 0 unspecified atom stereocenters. The predicted octanol–water partition coefficient (Wildman–Crippen LogP) is 3.82. The highest BCUT2D eigenvalue weighted by Gasteiger charge is 2.28. The molecule has 4 rings (SSSR count). The highest BCUT2D eigenvalue weighted by atomic mass is 35.5. The molecule has 2 heterocycles. The maximum atomic E-state index is 12.8. The summed E-state index contributed by atoms with van der Waals surface area (Å²) in [6.45, 7) is 1.96. The summed E-state index contributed by atoms with van der Waals surface area (Å²) in [5.74, 6) is 0.198. The number of fused-ring (bicyclic) bond motifs is 1. The van der Waals surface area contributed by atoms with Crippen LogP contribution in [0.15, 0.2) is 47.0 Å². The largest absolute Gasteiger partial charge is 0.486 e. The minimum atomic E-state index is -0.465. The molecule has 0 radical (unpaired) electrons. The van der Waals surface area contributed by atoms with Crippen LogP contribution in [-0.4, -0.2) is 36.8 Å². The minimum Gasteiger partial charge on any atom is -0.486 e. The zero-order valence-electron chi connectivity index (χ0n) is 16.4. The van der Waals surface area contributed by atoms with Crippen molar-refractivity contribution in [2.24, 2.45) is 0 Å². The summed E-state index contributed by atoms with van der Waals surface area (Å²) in [5.41, 5.74) is 2.84. The van der Waals surface area contributed by atoms with Crippen LogP contribution in [0.2, 0.25) is 5.02 Å². The van der Waals surface area contributed by atoms with Crippen LogP contribution in [0.5, 0.6) is 5.75 Å². The molecular weight excluding hydrogens is 408 g/mol. The lowest BCUT2D eigenvalue weighted by molar-refractivity contribution is 0.0600. The molecule has 154 valence electrons. The first kappa shape index (κ1) is 20.0. The lowest BCUT2D eigenvalue weighted by Gasteiger charge is -2.12. The number of carbonyl (C=O) groups excluding carboxylic acids is 2. The van der Waals surface area contributed by atoms with Crippen LogP contribution in [-0.2, 0) is 11.2 Å². The number of hydrogen-bond acceptors (Lipinski definition) is 6. The predicted molar refractivity (Wildman–Crippen MR) is 110 cm³/mol. The molecule has 1 atom stereocenters. The van der Waals surface area contributed by atoms with E-state index in [-0.39, 0.29) is 18.6 Å². The first-order chi connectivity index (χ1) is 14.5. The van der Waals surface area contributed by atoms with E-state index in [9.17, 15) is 9.59 Å². The van der Waals surface area contributed by atoms with Crippen LogP contribution in [0.25, 0.3) is 11.3 Å². The van der Waals surface area contributed by atoms with E-state index in [2.05, 4.69) is 10.5 Å². The second-order valence-corrected chi connectivity index (χ2v) is 7.33. The summed E-state index contributed by atoms with van der Waals surface area (Å²) in [6.07, 6.45) is 0.198. The third-order valence-corrected chi connectivity index (χ3v) is 5.18. The van der Waals surface area contributed by atoms with E-state index in [4.69, 9.17) is 25.6 Å². The Balaban J connectivity index is 1.46. The number of esters is 1. The number of benzene rings is 2. The smallest absolute Gasteiger partial charge is 0.337 e. The molecule has 1 amide bonds. The van der Waals surface area contributed by atoms with Gasteiger partial charge in [-0.2, -0.15) is 0 Å². The van der Waals surface area contributed by atoms with Gasteiger partial charge in [-0.15, -0.1) is 0 Å². The van der Waals surface area contributed by atoms with Gasteiger partial charge in [0, 0.05) is 17.5 Å². The number of hydrogen-bond donors (Lipinski definition) is 1. The first-order valence-electron chi connectivity index (χ1n) is 9.35. The van der Waals surface area contributed by atoms with Gasteiger partial charge in [-0.25, -0.2) is 4.79 Å². The normalized spacial score (nSPS) is 14.7. The van der Waals surface area contributed by atoms with Gasteiger partial charge >= 0.3 is 5.97 Å². The van der Waals surface area contributed by atoms with Crippen LogP contribution in [0.1, 0.15) is 32.0 Å². The number of aromatic nitrogens is 1. The van der Waals surface area contributed by atoms with Gasteiger partial charge in [0.1, 0.15) is 28.9 Å². The SMILES string of the molecule is COC(=O)c1cc(Cl)c2c(c1)C[C@H](CNC(=O)c1c(-c3ccccc3)noc1C)O2. The van der Waals surface area contributed by atoms with Crippen LogP contribution in [0.4, 0.5) is 0 Å². The summed E-state index contributed by atoms with van der Waals surface area (Å²) >= 11 is 6.25. The summed E-state index contributed by atoms with van der Waals surface area (Å²) in [4.78, 5) is 24.6. The number of aryl methyl sites for hydroxylation is 1. The van der Waals surface area contributed by atoms with Crippen molar-refractivity contribution in [2.45, 2.75) is 19.4 Å². The number of halogens is 1. The molecule has 8 heteroatoms. The third-order valence-electron chi connectivity index (χ3n) is 4.90. The van der Waals surface area contributed by atoms with Crippen molar-refractivity contribution >= 4 is 23.5 Å². The van der Waals surface area contributed by atoms with Crippen molar-refractivity contribution in [3.63, 3.8) is 0 Å². The Morgan fingerprint density at radius 2 is 2.03 bits per heavy atom.